The molecule has 0 aliphatic carbocycles. The van der Waals surface area contributed by atoms with Gasteiger partial charge in [-0.25, -0.2) is 0 Å². The number of rotatable bonds is 12. The molecule has 3 aromatic rings. The van der Waals surface area contributed by atoms with Crippen LogP contribution in [0.2, 0.25) is 0 Å². The number of nitro benzene ring substituents is 1. The summed E-state index contributed by atoms with van der Waals surface area (Å²) in [6, 6.07) is 8.15. The van der Waals surface area contributed by atoms with Gasteiger partial charge >= 0.3 is 207 Å². The van der Waals surface area contributed by atoms with Crippen molar-refractivity contribution in [3.8, 4) is 23.0 Å². The summed E-state index contributed by atoms with van der Waals surface area (Å²) in [5.74, 6) is 0.239. The molecule has 0 saturated heterocycles. The topological polar surface area (TPSA) is 123 Å². The summed E-state index contributed by atoms with van der Waals surface area (Å²) >= 11 is -0.228. The standard InChI is InChI=1S/C25H27NO9Se/c1-6-14(7-18(27)24-10-15-8-19(31-2)22(34-5)12-23(15)36-24)25(28)35-13-16-9-20(32-3)21(33-4)11-17(16)26(29)30/h8-12,14H,6-7,13H2,1-5H3/t14-/m1/s1. The number of carbonyl (C=O) groups excluding carboxylic acids is 2. The summed E-state index contributed by atoms with van der Waals surface area (Å²) < 4.78 is 28.0. The van der Waals surface area contributed by atoms with E-state index < -0.39 is 16.8 Å². The molecule has 1 atom stereocenters. The van der Waals surface area contributed by atoms with Crippen molar-refractivity contribution in [1.29, 1.82) is 0 Å². The van der Waals surface area contributed by atoms with E-state index >= 15 is 0 Å². The molecule has 192 valence electrons. The molecule has 0 unspecified atom stereocenters. The number of Topliss-reactive ketones (excluding diaryl/α,β-unsaturated/α-hetero) is 1. The zero-order valence-corrected chi connectivity index (χ0v) is 22.3. The number of ether oxygens (including phenoxy) is 5. The number of methoxy groups -OCH3 is 4. The van der Waals surface area contributed by atoms with Crippen LogP contribution in [0.5, 0.6) is 23.0 Å². The molecule has 0 fully saturated rings. The first-order chi connectivity index (χ1) is 17.3. The Morgan fingerprint density at radius 3 is 2.08 bits per heavy atom. The molecule has 0 spiro atoms. The Bertz CT molecular complexity index is 1240. The number of hydrogen-bond donors (Lipinski definition) is 0. The molecule has 0 saturated carbocycles. The van der Waals surface area contributed by atoms with Crippen molar-refractivity contribution in [3.05, 3.63) is 50.4 Å². The minimum atomic E-state index is -0.679. The van der Waals surface area contributed by atoms with Crippen LogP contribution in [0.4, 0.5) is 5.69 Å². The molecule has 1 heterocycles. The molecule has 1 aromatic heterocycles. The maximum absolute atomic E-state index is 13.0. The molecule has 0 radical (unpaired) electrons. The molecule has 0 aliphatic rings. The third-order valence-corrected chi connectivity index (χ3v) is 8.10. The molecular formula is C25H27NO9Se. The van der Waals surface area contributed by atoms with Crippen LogP contribution in [0.1, 0.15) is 34.6 Å². The van der Waals surface area contributed by atoms with Crippen LogP contribution in [-0.2, 0) is 16.1 Å². The summed E-state index contributed by atoms with van der Waals surface area (Å²) in [7, 11) is 5.88. The second-order valence-electron chi connectivity index (χ2n) is 7.79. The molecule has 11 heteroatoms. The zero-order chi connectivity index (χ0) is 26.4. The summed E-state index contributed by atoms with van der Waals surface area (Å²) in [4.78, 5) is 36.7. The Morgan fingerprint density at radius 1 is 0.917 bits per heavy atom. The van der Waals surface area contributed by atoms with E-state index in [1.165, 1.54) is 26.4 Å². The monoisotopic (exact) mass is 565 g/mol. The Hall–Kier alpha value is -3.56. The number of nitrogens with zero attached hydrogens (tertiary/aromatic N) is 1. The number of hydrogen-bond acceptors (Lipinski definition) is 9. The summed E-state index contributed by atoms with van der Waals surface area (Å²) in [6.45, 7) is 1.45. The number of nitro groups is 1. The van der Waals surface area contributed by atoms with Gasteiger partial charge in [-0.3, -0.25) is 0 Å². The molecular weight excluding hydrogens is 537 g/mol. The summed E-state index contributed by atoms with van der Waals surface area (Å²) in [6.07, 6.45) is 0.368. The van der Waals surface area contributed by atoms with E-state index in [1.807, 2.05) is 18.2 Å². The van der Waals surface area contributed by atoms with E-state index in [-0.39, 0.29) is 56.1 Å². The fourth-order valence-electron chi connectivity index (χ4n) is 3.69. The van der Waals surface area contributed by atoms with Crippen molar-refractivity contribution in [2.24, 2.45) is 5.92 Å². The third-order valence-electron chi connectivity index (χ3n) is 5.71. The van der Waals surface area contributed by atoms with Crippen molar-refractivity contribution < 1.29 is 38.2 Å². The van der Waals surface area contributed by atoms with E-state index in [9.17, 15) is 19.7 Å². The van der Waals surface area contributed by atoms with Gasteiger partial charge in [0, 0.05) is 0 Å². The minimum absolute atomic E-state index is 0.0147. The fraction of sp³-hybridized carbons (Fsp3) is 0.360. The van der Waals surface area contributed by atoms with Crippen molar-refractivity contribution in [3.63, 3.8) is 0 Å². The predicted molar refractivity (Wildman–Crippen MR) is 133 cm³/mol. The number of carbonyl (C=O) groups is 2. The van der Waals surface area contributed by atoms with E-state index in [0.717, 1.165) is 9.65 Å². The van der Waals surface area contributed by atoms with Gasteiger partial charge in [0.05, 0.1) is 7.11 Å². The van der Waals surface area contributed by atoms with Gasteiger partial charge in [0.15, 0.2) is 0 Å². The number of fused-ring (bicyclic) bond motifs is 1. The van der Waals surface area contributed by atoms with Gasteiger partial charge in [0.1, 0.15) is 0 Å². The van der Waals surface area contributed by atoms with E-state index in [2.05, 4.69) is 0 Å². The Labute approximate surface area is 213 Å². The van der Waals surface area contributed by atoms with Gasteiger partial charge in [0.2, 0.25) is 0 Å². The quantitative estimate of drug-likeness (QED) is 0.105. The molecule has 0 amide bonds. The van der Waals surface area contributed by atoms with Gasteiger partial charge < -0.3 is 0 Å². The van der Waals surface area contributed by atoms with Crippen LogP contribution in [0.25, 0.3) is 9.65 Å². The SMILES string of the molecule is CC[C@H](CC(=O)c1cc2cc(OC)c(OC)cc2[se]1)C(=O)OCc1cc(OC)c(OC)cc1[N+](=O)[O-]. The number of benzene rings is 2. The summed E-state index contributed by atoms with van der Waals surface area (Å²) in [5, 5.41) is 12.4. The average molecular weight is 564 g/mol. The molecule has 10 nitrogen and oxygen atoms in total. The molecule has 0 N–H and O–H groups in total. The van der Waals surface area contributed by atoms with E-state index in [4.69, 9.17) is 23.7 Å². The van der Waals surface area contributed by atoms with Crippen LogP contribution >= 0.6 is 0 Å². The van der Waals surface area contributed by atoms with E-state index in [0.29, 0.717) is 22.4 Å². The molecule has 2 aromatic carbocycles. The molecule has 36 heavy (non-hydrogen) atoms. The van der Waals surface area contributed by atoms with Gasteiger partial charge in [-0.2, -0.15) is 0 Å². The van der Waals surface area contributed by atoms with Crippen LogP contribution in [0.15, 0.2) is 30.3 Å². The van der Waals surface area contributed by atoms with Gasteiger partial charge in [-0.05, 0) is 0 Å². The predicted octanol–water partition coefficient (Wildman–Crippen LogP) is 4.18. The first kappa shape index (κ1) is 27.0. The van der Waals surface area contributed by atoms with Gasteiger partial charge in [0.25, 0.3) is 0 Å². The van der Waals surface area contributed by atoms with Crippen molar-refractivity contribution >= 4 is 41.6 Å². The van der Waals surface area contributed by atoms with Crippen LogP contribution in [-0.4, -0.2) is 59.6 Å². The normalized spacial score (nSPS) is 11.6. The third kappa shape index (κ3) is 5.80. The molecule has 0 aliphatic heterocycles. The van der Waals surface area contributed by atoms with Crippen molar-refractivity contribution in [2.45, 2.75) is 26.4 Å². The Morgan fingerprint density at radius 2 is 1.50 bits per heavy atom. The first-order valence-corrected chi connectivity index (χ1v) is 12.7. The van der Waals surface area contributed by atoms with Crippen molar-refractivity contribution in [1.82, 2.24) is 0 Å². The zero-order valence-electron chi connectivity index (χ0n) is 20.6. The summed E-state index contributed by atoms with van der Waals surface area (Å²) in [5.41, 5.74) is -0.0978. The van der Waals surface area contributed by atoms with E-state index in [1.54, 1.807) is 21.1 Å². The van der Waals surface area contributed by atoms with Crippen molar-refractivity contribution in [2.75, 3.05) is 28.4 Å². The van der Waals surface area contributed by atoms with Gasteiger partial charge in [-0.1, -0.05) is 0 Å². The van der Waals surface area contributed by atoms with Crippen LogP contribution in [0, 0.1) is 16.0 Å². The average Bonchev–Trinajstić information content (AvgIpc) is 3.31. The fourth-order valence-corrected chi connectivity index (χ4v) is 5.83. The molecule has 0 bridgehead atoms. The second-order valence-corrected chi connectivity index (χ2v) is 10.1. The number of esters is 1. The number of ketones is 1. The Kier molecular flexibility index (Phi) is 8.95. The molecule has 3 rings (SSSR count). The first-order valence-electron chi connectivity index (χ1n) is 11.0. The van der Waals surface area contributed by atoms with Crippen LogP contribution < -0.4 is 18.9 Å². The van der Waals surface area contributed by atoms with Gasteiger partial charge in [-0.15, -0.1) is 0 Å². The second kappa shape index (κ2) is 11.9. The maximum atomic E-state index is 13.0. The van der Waals surface area contributed by atoms with Crippen LogP contribution in [0.3, 0.4) is 0 Å². The Balaban J connectivity index is 1.74.